The third-order valence-corrected chi connectivity index (χ3v) is 4.21. The maximum atomic E-state index is 13.2. The SMILES string of the molecule is N#Cc1cc(F)cc(CNCC2CCCS2)c1. The molecule has 1 aromatic rings. The van der Waals surface area contributed by atoms with Gasteiger partial charge in [0.2, 0.25) is 0 Å². The second-order valence-corrected chi connectivity index (χ2v) is 5.63. The van der Waals surface area contributed by atoms with E-state index in [4.69, 9.17) is 5.26 Å². The molecular weight excluding hydrogens is 235 g/mol. The maximum absolute atomic E-state index is 13.2. The Kier molecular flexibility index (Phi) is 4.41. The van der Waals surface area contributed by atoms with Crippen LogP contribution in [0.25, 0.3) is 0 Å². The fraction of sp³-hybridized carbons (Fsp3) is 0.462. The van der Waals surface area contributed by atoms with Crippen molar-refractivity contribution in [3.05, 3.63) is 35.1 Å². The number of thioether (sulfide) groups is 1. The number of hydrogen-bond donors (Lipinski definition) is 1. The monoisotopic (exact) mass is 250 g/mol. The van der Waals surface area contributed by atoms with Crippen LogP contribution < -0.4 is 5.32 Å². The summed E-state index contributed by atoms with van der Waals surface area (Å²) in [5, 5.41) is 12.8. The molecule has 0 amide bonds. The highest BCUT2D eigenvalue weighted by Gasteiger charge is 2.14. The van der Waals surface area contributed by atoms with E-state index in [0.29, 0.717) is 17.4 Å². The highest BCUT2D eigenvalue weighted by atomic mass is 32.2. The van der Waals surface area contributed by atoms with Crippen molar-refractivity contribution in [1.29, 1.82) is 5.26 Å². The van der Waals surface area contributed by atoms with Gasteiger partial charge >= 0.3 is 0 Å². The standard InChI is InChI=1S/C13H15FN2S/c14-12-5-10(7-15)4-11(6-12)8-16-9-13-2-1-3-17-13/h4-6,13,16H,1-3,8-9H2. The second kappa shape index (κ2) is 6.04. The molecular formula is C13H15FN2S. The van der Waals surface area contributed by atoms with E-state index in [0.717, 1.165) is 12.1 Å². The molecule has 1 aromatic carbocycles. The smallest absolute Gasteiger partial charge is 0.124 e. The Balaban J connectivity index is 1.85. The molecule has 4 heteroatoms. The van der Waals surface area contributed by atoms with E-state index in [1.807, 2.05) is 17.8 Å². The summed E-state index contributed by atoms with van der Waals surface area (Å²) in [7, 11) is 0. The van der Waals surface area contributed by atoms with Gasteiger partial charge in [-0.05, 0) is 42.4 Å². The fourth-order valence-corrected chi connectivity index (χ4v) is 3.24. The maximum Gasteiger partial charge on any atom is 0.124 e. The van der Waals surface area contributed by atoms with E-state index in [1.54, 1.807) is 6.07 Å². The number of rotatable bonds is 4. The summed E-state index contributed by atoms with van der Waals surface area (Å²) < 4.78 is 13.2. The Morgan fingerprint density at radius 3 is 3.06 bits per heavy atom. The normalized spacial score (nSPS) is 19.2. The Morgan fingerprint density at radius 2 is 2.35 bits per heavy atom. The fourth-order valence-electron chi connectivity index (χ4n) is 2.00. The average Bonchev–Trinajstić information content (AvgIpc) is 2.81. The van der Waals surface area contributed by atoms with Crippen molar-refractivity contribution in [1.82, 2.24) is 5.32 Å². The third-order valence-electron chi connectivity index (χ3n) is 2.81. The first-order valence-corrected chi connectivity index (χ1v) is 6.84. The molecule has 0 spiro atoms. The van der Waals surface area contributed by atoms with Gasteiger partial charge in [0.15, 0.2) is 0 Å². The second-order valence-electron chi connectivity index (χ2n) is 4.23. The van der Waals surface area contributed by atoms with E-state index in [1.165, 1.54) is 30.7 Å². The van der Waals surface area contributed by atoms with Gasteiger partial charge in [-0.25, -0.2) is 4.39 Å². The lowest BCUT2D eigenvalue weighted by molar-refractivity contribution is 0.615. The van der Waals surface area contributed by atoms with Crippen LogP contribution in [0.2, 0.25) is 0 Å². The lowest BCUT2D eigenvalue weighted by Gasteiger charge is -2.10. The van der Waals surface area contributed by atoms with Crippen molar-refractivity contribution in [3.63, 3.8) is 0 Å². The number of nitriles is 1. The summed E-state index contributed by atoms with van der Waals surface area (Å²) in [6.45, 7) is 1.59. The highest BCUT2D eigenvalue weighted by Crippen LogP contribution is 2.25. The van der Waals surface area contributed by atoms with E-state index >= 15 is 0 Å². The minimum atomic E-state index is -0.337. The first-order chi connectivity index (χ1) is 8.28. The summed E-state index contributed by atoms with van der Waals surface area (Å²) in [6.07, 6.45) is 2.57. The van der Waals surface area contributed by atoms with E-state index in [2.05, 4.69) is 5.32 Å². The van der Waals surface area contributed by atoms with Crippen molar-refractivity contribution < 1.29 is 4.39 Å². The zero-order valence-electron chi connectivity index (χ0n) is 9.58. The number of benzene rings is 1. The van der Waals surface area contributed by atoms with E-state index in [9.17, 15) is 4.39 Å². The van der Waals surface area contributed by atoms with Crippen LogP contribution in [0, 0.1) is 17.1 Å². The molecule has 0 aliphatic carbocycles. The first-order valence-electron chi connectivity index (χ1n) is 5.80. The van der Waals surface area contributed by atoms with Crippen molar-refractivity contribution in [3.8, 4) is 6.07 Å². The number of halogens is 1. The summed E-state index contributed by atoms with van der Waals surface area (Å²) in [5.74, 6) is 0.918. The predicted molar refractivity (Wildman–Crippen MR) is 68.3 cm³/mol. The number of nitrogens with zero attached hydrogens (tertiary/aromatic N) is 1. The molecule has 1 aliphatic rings. The molecule has 0 saturated carbocycles. The van der Waals surface area contributed by atoms with Crippen LogP contribution in [-0.4, -0.2) is 17.5 Å². The molecule has 0 radical (unpaired) electrons. The van der Waals surface area contributed by atoms with E-state index in [-0.39, 0.29) is 5.82 Å². The molecule has 1 aliphatic heterocycles. The zero-order valence-corrected chi connectivity index (χ0v) is 10.4. The van der Waals surface area contributed by atoms with Gasteiger partial charge in [0.05, 0.1) is 11.6 Å². The molecule has 2 rings (SSSR count). The van der Waals surface area contributed by atoms with Gasteiger partial charge in [0.25, 0.3) is 0 Å². The molecule has 2 nitrogen and oxygen atoms in total. The molecule has 1 N–H and O–H groups in total. The number of nitrogens with one attached hydrogen (secondary N) is 1. The summed E-state index contributed by atoms with van der Waals surface area (Å²) in [4.78, 5) is 0. The molecule has 1 unspecified atom stereocenters. The van der Waals surface area contributed by atoms with Crippen LogP contribution in [-0.2, 0) is 6.54 Å². The minimum absolute atomic E-state index is 0.337. The third kappa shape index (κ3) is 3.72. The van der Waals surface area contributed by atoms with Gasteiger partial charge in [0.1, 0.15) is 5.82 Å². The van der Waals surface area contributed by atoms with Gasteiger partial charge < -0.3 is 5.32 Å². The number of hydrogen-bond acceptors (Lipinski definition) is 3. The van der Waals surface area contributed by atoms with Gasteiger partial charge in [-0.3, -0.25) is 0 Å². The highest BCUT2D eigenvalue weighted by molar-refractivity contribution is 8.00. The van der Waals surface area contributed by atoms with Crippen molar-refractivity contribution in [2.75, 3.05) is 12.3 Å². The van der Waals surface area contributed by atoms with Gasteiger partial charge in [-0.2, -0.15) is 17.0 Å². The Bertz CT molecular complexity index is 422. The topological polar surface area (TPSA) is 35.8 Å². The Hall–Kier alpha value is -1.05. The van der Waals surface area contributed by atoms with Gasteiger partial charge in [-0.1, -0.05) is 0 Å². The van der Waals surface area contributed by atoms with Gasteiger partial charge in [-0.15, -0.1) is 0 Å². The molecule has 17 heavy (non-hydrogen) atoms. The quantitative estimate of drug-likeness (QED) is 0.892. The Morgan fingerprint density at radius 1 is 1.47 bits per heavy atom. The molecule has 1 atom stereocenters. The molecule has 1 fully saturated rings. The van der Waals surface area contributed by atoms with Crippen LogP contribution in [0.3, 0.4) is 0 Å². The van der Waals surface area contributed by atoms with Crippen molar-refractivity contribution in [2.24, 2.45) is 0 Å². The molecule has 1 saturated heterocycles. The Labute approximate surface area is 105 Å². The van der Waals surface area contributed by atoms with Crippen LogP contribution in [0.15, 0.2) is 18.2 Å². The zero-order chi connectivity index (χ0) is 12.1. The lowest BCUT2D eigenvalue weighted by Crippen LogP contribution is -2.22. The minimum Gasteiger partial charge on any atom is -0.312 e. The molecule has 90 valence electrons. The van der Waals surface area contributed by atoms with Gasteiger partial charge in [0, 0.05) is 18.3 Å². The largest absolute Gasteiger partial charge is 0.312 e. The average molecular weight is 250 g/mol. The van der Waals surface area contributed by atoms with Crippen molar-refractivity contribution >= 4 is 11.8 Å². The van der Waals surface area contributed by atoms with Crippen LogP contribution in [0.5, 0.6) is 0 Å². The summed E-state index contributed by atoms with van der Waals surface area (Å²) >= 11 is 2.00. The lowest BCUT2D eigenvalue weighted by atomic mass is 10.1. The first kappa shape index (κ1) is 12.4. The van der Waals surface area contributed by atoms with E-state index < -0.39 is 0 Å². The van der Waals surface area contributed by atoms with Crippen LogP contribution >= 0.6 is 11.8 Å². The molecule has 1 heterocycles. The van der Waals surface area contributed by atoms with Crippen molar-refractivity contribution in [2.45, 2.75) is 24.6 Å². The molecule has 0 aromatic heterocycles. The van der Waals surface area contributed by atoms with Crippen LogP contribution in [0.1, 0.15) is 24.0 Å². The van der Waals surface area contributed by atoms with Crippen LogP contribution in [0.4, 0.5) is 4.39 Å². The summed E-state index contributed by atoms with van der Waals surface area (Å²) in [5.41, 5.74) is 1.22. The predicted octanol–water partition coefficient (Wildman–Crippen LogP) is 2.68. The molecule has 0 bridgehead atoms. The summed E-state index contributed by atoms with van der Waals surface area (Å²) in [6, 6.07) is 6.44.